The maximum absolute atomic E-state index is 13.1. The lowest BCUT2D eigenvalue weighted by Gasteiger charge is -2.33. The summed E-state index contributed by atoms with van der Waals surface area (Å²) in [6.45, 7) is 1.29. The van der Waals surface area contributed by atoms with Gasteiger partial charge in [0.2, 0.25) is 5.95 Å². The van der Waals surface area contributed by atoms with Crippen LogP contribution in [0, 0.1) is 5.41 Å². The Morgan fingerprint density at radius 2 is 2.10 bits per heavy atom. The third-order valence-corrected chi connectivity index (χ3v) is 4.67. The number of hydrogen-bond acceptors (Lipinski definition) is 8. The Bertz CT molecular complexity index is 1110. The molecule has 0 amide bonds. The molecule has 30 heavy (non-hydrogen) atoms. The molecule has 3 N–H and O–H groups in total. The monoisotopic (exact) mass is 418 g/mol. The second-order valence-corrected chi connectivity index (χ2v) is 6.50. The van der Waals surface area contributed by atoms with Crippen molar-refractivity contribution in [3.05, 3.63) is 48.3 Å². The Hall–Kier alpha value is -3.54. The SMILES string of the molecule is N=CC(=CN)C1CN(c2nccc(-c3cnc4cnc(C(F)(F)F)cn34)n2)CCO1. The van der Waals surface area contributed by atoms with Crippen molar-refractivity contribution in [2.45, 2.75) is 12.3 Å². The number of halogens is 3. The summed E-state index contributed by atoms with van der Waals surface area (Å²) in [5.74, 6) is 0.391. The lowest BCUT2D eigenvalue weighted by Crippen LogP contribution is -2.44. The number of fused-ring (bicyclic) bond motifs is 1. The molecule has 1 fully saturated rings. The average Bonchev–Trinajstić information content (AvgIpc) is 3.18. The fraction of sp³-hybridized carbons (Fsp3) is 0.278. The Morgan fingerprint density at radius 1 is 1.27 bits per heavy atom. The number of aromatic nitrogens is 5. The topological polar surface area (TPSA) is 118 Å². The van der Waals surface area contributed by atoms with Gasteiger partial charge < -0.3 is 20.8 Å². The first kappa shape index (κ1) is 19.8. The van der Waals surface area contributed by atoms with Crippen molar-refractivity contribution in [3.8, 4) is 11.4 Å². The summed E-state index contributed by atoms with van der Waals surface area (Å²) in [4.78, 5) is 18.2. The van der Waals surface area contributed by atoms with Gasteiger partial charge in [-0.05, 0) is 6.07 Å². The average molecular weight is 418 g/mol. The van der Waals surface area contributed by atoms with Crippen molar-refractivity contribution in [1.29, 1.82) is 5.41 Å². The fourth-order valence-electron chi connectivity index (χ4n) is 3.15. The molecule has 0 aliphatic carbocycles. The minimum absolute atomic E-state index is 0.272. The Kier molecular flexibility index (Phi) is 5.08. The molecular formula is C18H17F3N8O. The molecule has 0 saturated carbocycles. The van der Waals surface area contributed by atoms with Gasteiger partial charge in [0.15, 0.2) is 11.3 Å². The molecule has 4 rings (SSSR count). The van der Waals surface area contributed by atoms with E-state index in [0.29, 0.717) is 42.6 Å². The van der Waals surface area contributed by atoms with Crippen LogP contribution in [0.15, 0.2) is 42.6 Å². The van der Waals surface area contributed by atoms with Crippen LogP contribution in [-0.4, -0.2) is 56.4 Å². The standard InChI is InChI=1S/C18H17F3N8O/c19-18(20,21)15-10-29-13(7-26-16(29)8-25-15)12-1-2-24-17(27-12)28-3-4-30-14(9-28)11(5-22)6-23/h1-2,5-8,10,14,22H,3-4,9,23H2. The first-order chi connectivity index (χ1) is 14.4. The zero-order valence-corrected chi connectivity index (χ0v) is 15.5. The molecule has 3 aromatic rings. The van der Waals surface area contributed by atoms with Gasteiger partial charge in [0.1, 0.15) is 6.10 Å². The number of ether oxygens (including phenoxy) is 1. The zero-order chi connectivity index (χ0) is 21.3. The normalized spacial score (nSPS) is 18.0. The van der Waals surface area contributed by atoms with Gasteiger partial charge >= 0.3 is 6.18 Å². The molecule has 3 aromatic heterocycles. The van der Waals surface area contributed by atoms with E-state index >= 15 is 0 Å². The van der Waals surface area contributed by atoms with Gasteiger partial charge in [-0.15, -0.1) is 0 Å². The highest BCUT2D eigenvalue weighted by Crippen LogP contribution is 2.29. The number of nitrogens with two attached hydrogens (primary N) is 1. The predicted octanol–water partition coefficient (Wildman–Crippen LogP) is 1.90. The number of morpholine rings is 1. The number of hydrogen-bond donors (Lipinski definition) is 2. The molecule has 0 spiro atoms. The van der Waals surface area contributed by atoms with Crippen LogP contribution in [0.3, 0.4) is 0 Å². The maximum Gasteiger partial charge on any atom is 0.434 e. The van der Waals surface area contributed by atoms with Crippen molar-refractivity contribution in [2.75, 3.05) is 24.6 Å². The number of anilines is 1. The summed E-state index contributed by atoms with van der Waals surface area (Å²) in [5.41, 5.74) is 6.12. The van der Waals surface area contributed by atoms with Crippen LogP contribution in [0.5, 0.6) is 0 Å². The Labute approximate surface area is 168 Å². The van der Waals surface area contributed by atoms with E-state index in [9.17, 15) is 13.2 Å². The maximum atomic E-state index is 13.1. The molecule has 156 valence electrons. The number of imidazole rings is 1. The molecule has 1 unspecified atom stereocenters. The molecular weight excluding hydrogens is 401 g/mol. The summed E-state index contributed by atoms with van der Waals surface area (Å²) in [6.07, 6.45) is 2.42. The number of nitrogens with one attached hydrogen (secondary N) is 1. The minimum Gasteiger partial charge on any atom is -0.404 e. The van der Waals surface area contributed by atoms with Crippen molar-refractivity contribution in [2.24, 2.45) is 5.73 Å². The van der Waals surface area contributed by atoms with Crippen LogP contribution < -0.4 is 10.6 Å². The van der Waals surface area contributed by atoms with Gasteiger partial charge in [-0.3, -0.25) is 4.40 Å². The first-order valence-electron chi connectivity index (χ1n) is 8.93. The van der Waals surface area contributed by atoms with Gasteiger partial charge in [-0.25, -0.2) is 19.9 Å². The van der Waals surface area contributed by atoms with Gasteiger partial charge in [-0.1, -0.05) is 0 Å². The summed E-state index contributed by atoms with van der Waals surface area (Å²) in [5, 5.41) is 7.44. The largest absolute Gasteiger partial charge is 0.434 e. The second kappa shape index (κ2) is 7.71. The van der Waals surface area contributed by atoms with E-state index in [1.165, 1.54) is 23.0 Å². The van der Waals surface area contributed by atoms with Crippen LogP contribution in [0.25, 0.3) is 17.0 Å². The van der Waals surface area contributed by atoms with Crippen LogP contribution in [0.4, 0.5) is 19.1 Å². The summed E-state index contributed by atoms with van der Waals surface area (Å²) in [7, 11) is 0. The predicted molar refractivity (Wildman–Crippen MR) is 102 cm³/mol. The molecule has 12 heteroatoms. The molecule has 1 atom stereocenters. The van der Waals surface area contributed by atoms with Crippen LogP contribution in [-0.2, 0) is 10.9 Å². The molecule has 0 radical (unpaired) electrons. The highest BCUT2D eigenvalue weighted by atomic mass is 19.4. The molecule has 0 aromatic carbocycles. The van der Waals surface area contributed by atoms with E-state index in [0.717, 1.165) is 18.6 Å². The highest BCUT2D eigenvalue weighted by molar-refractivity contribution is 5.77. The van der Waals surface area contributed by atoms with Crippen LogP contribution >= 0.6 is 0 Å². The van der Waals surface area contributed by atoms with Gasteiger partial charge in [0.25, 0.3) is 0 Å². The molecule has 4 heterocycles. The van der Waals surface area contributed by atoms with Crippen LogP contribution in [0.2, 0.25) is 0 Å². The fourth-order valence-corrected chi connectivity index (χ4v) is 3.15. The lowest BCUT2D eigenvalue weighted by atomic mass is 10.1. The van der Waals surface area contributed by atoms with Crippen LogP contribution in [0.1, 0.15) is 5.69 Å². The third kappa shape index (κ3) is 3.68. The molecule has 1 saturated heterocycles. The van der Waals surface area contributed by atoms with Crippen molar-refractivity contribution in [1.82, 2.24) is 24.3 Å². The van der Waals surface area contributed by atoms with E-state index in [1.807, 2.05) is 4.90 Å². The number of alkyl halides is 3. The Balaban J connectivity index is 1.68. The quantitative estimate of drug-likeness (QED) is 0.621. The summed E-state index contributed by atoms with van der Waals surface area (Å²) < 4.78 is 46.1. The lowest BCUT2D eigenvalue weighted by molar-refractivity contribution is -0.141. The summed E-state index contributed by atoms with van der Waals surface area (Å²) >= 11 is 0. The van der Waals surface area contributed by atoms with Crippen molar-refractivity contribution >= 4 is 17.8 Å². The van der Waals surface area contributed by atoms with Crippen molar-refractivity contribution < 1.29 is 17.9 Å². The first-order valence-corrected chi connectivity index (χ1v) is 8.93. The zero-order valence-electron chi connectivity index (χ0n) is 15.5. The molecule has 1 aliphatic rings. The van der Waals surface area contributed by atoms with E-state index < -0.39 is 18.0 Å². The van der Waals surface area contributed by atoms with E-state index in [-0.39, 0.29) is 5.65 Å². The number of nitrogens with zero attached hydrogens (tertiary/aromatic N) is 6. The second-order valence-electron chi connectivity index (χ2n) is 6.50. The highest BCUT2D eigenvalue weighted by Gasteiger charge is 2.33. The third-order valence-electron chi connectivity index (χ3n) is 4.67. The minimum atomic E-state index is -4.57. The van der Waals surface area contributed by atoms with E-state index in [1.54, 1.807) is 6.07 Å². The number of rotatable bonds is 4. The van der Waals surface area contributed by atoms with E-state index in [2.05, 4.69) is 19.9 Å². The summed E-state index contributed by atoms with van der Waals surface area (Å²) in [6, 6.07) is 1.60. The van der Waals surface area contributed by atoms with Gasteiger partial charge in [-0.2, -0.15) is 13.2 Å². The smallest absolute Gasteiger partial charge is 0.404 e. The van der Waals surface area contributed by atoms with Crippen molar-refractivity contribution in [3.63, 3.8) is 0 Å². The molecule has 9 nitrogen and oxygen atoms in total. The van der Waals surface area contributed by atoms with Gasteiger partial charge in [0, 0.05) is 36.9 Å². The molecule has 1 aliphatic heterocycles. The van der Waals surface area contributed by atoms with E-state index in [4.69, 9.17) is 15.9 Å². The van der Waals surface area contributed by atoms with Gasteiger partial charge in [0.05, 0.1) is 36.9 Å². The molecule has 0 bridgehead atoms. The Morgan fingerprint density at radius 3 is 2.83 bits per heavy atom.